The topological polar surface area (TPSA) is 105 Å². The Morgan fingerprint density at radius 3 is 2.15 bits per heavy atom. The van der Waals surface area contributed by atoms with Gasteiger partial charge in [0.05, 0.1) is 0 Å². The third-order valence-electron chi connectivity index (χ3n) is 6.76. The summed E-state index contributed by atoms with van der Waals surface area (Å²) in [5.74, 6) is -1.57. The molecular formula is C26H30N2O5. The van der Waals surface area contributed by atoms with Crippen LogP contribution in [-0.4, -0.2) is 41.3 Å². The van der Waals surface area contributed by atoms with E-state index in [0.29, 0.717) is 25.7 Å². The predicted octanol–water partition coefficient (Wildman–Crippen LogP) is 4.21. The van der Waals surface area contributed by atoms with Crippen LogP contribution in [-0.2, 0) is 14.3 Å². The second kappa shape index (κ2) is 9.65. The zero-order valence-electron chi connectivity index (χ0n) is 18.8. The summed E-state index contributed by atoms with van der Waals surface area (Å²) in [6, 6.07) is 15.3. The van der Waals surface area contributed by atoms with Gasteiger partial charge in [-0.3, -0.25) is 4.79 Å². The molecule has 4 rings (SSSR count). The van der Waals surface area contributed by atoms with Crippen molar-refractivity contribution in [2.24, 2.45) is 0 Å². The van der Waals surface area contributed by atoms with E-state index in [2.05, 4.69) is 22.8 Å². The van der Waals surface area contributed by atoms with Gasteiger partial charge in [-0.1, -0.05) is 74.7 Å². The Morgan fingerprint density at radius 1 is 1.03 bits per heavy atom. The zero-order chi connectivity index (χ0) is 23.4. The summed E-state index contributed by atoms with van der Waals surface area (Å²) in [4.78, 5) is 37.3. The summed E-state index contributed by atoms with van der Waals surface area (Å²) in [5.41, 5.74) is 3.26. The van der Waals surface area contributed by atoms with Crippen molar-refractivity contribution in [3.05, 3.63) is 59.7 Å². The number of aliphatic carboxylic acids is 1. The molecule has 1 unspecified atom stereocenters. The fourth-order valence-electron chi connectivity index (χ4n) is 5.03. The van der Waals surface area contributed by atoms with Gasteiger partial charge in [-0.25, -0.2) is 9.59 Å². The van der Waals surface area contributed by atoms with Gasteiger partial charge in [-0.15, -0.1) is 0 Å². The molecule has 0 spiro atoms. The number of fused-ring (bicyclic) bond motifs is 3. The summed E-state index contributed by atoms with van der Waals surface area (Å²) in [6.45, 7) is 2.06. The van der Waals surface area contributed by atoms with Crippen LogP contribution in [0, 0.1) is 0 Å². The monoisotopic (exact) mass is 450 g/mol. The van der Waals surface area contributed by atoms with Crippen LogP contribution in [0.25, 0.3) is 11.1 Å². The average molecular weight is 451 g/mol. The first kappa shape index (κ1) is 22.8. The summed E-state index contributed by atoms with van der Waals surface area (Å²) < 4.78 is 5.56. The van der Waals surface area contributed by atoms with Crippen LogP contribution in [0.2, 0.25) is 0 Å². The van der Waals surface area contributed by atoms with Gasteiger partial charge in [-0.2, -0.15) is 0 Å². The minimum atomic E-state index is -1.24. The fourth-order valence-corrected chi connectivity index (χ4v) is 5.03. The van der Waals surface area contributed by atoms with E-state index >= 15 is 0 Å². The number of hydrogen-bond acceptors (Lipinski definition) is 4. The summed E-state index contributed by atoms with van der Waals surface area (Å²) in [6.07, 6.45) is 2.68. The first-order chi connectivity index (χ1) is 15.9. The second-order valence-corrected chi connectivity index (χ2v) is 8.89. The molecule has 1 fully saturated rings. The average Bonchev–Trinajstić information content (AvgIpc) is 3.41. The largest absolute Gasteiger partial charge is 0.480 e. The molecule has 1 atom stereocenters. The van der Waals surface area contributed by atoms with Crippen LogP contribution in [0.1, 0.15) is 62.5 Å². The number of alkyl carbamates (subject to hydrolysis) is 1. The number of carbonyl (C=O) groups excluding carboxylic acids is 2. The Balaban J connectivity index is 1.41. The fraction of sp³-hybridized carbons (Fsp3) is 0.423. The Labute approximate surface area is 193 Å². The van der Waals surface area contributed by atoms with Crippen molar-refractivity contribution in [2.75, 3.05) is 6.61 Å². The van der Waals surface area contributed by atoms with Crippen LogP contribution < -0.4 is 10.6 Å². The summed E-state index contributed by atoms with van der Waals surface area (Å²) >= 11 is 0. The molecule has 2 aromatic rings. The maximum absolute atomic E-state index is 12.9. The lowest BCUT2D eigenvalue weighted by Crippen LogP contribution is -2.58. The highest BCUT2D eigenvalue weighted by atomic mass is 16.5. The van der Waals surface area contributed by atoms with Gasteiger partial charge in [0.1, 0.15) is 18.2 Å². The third-order valence-corrected chi connectivity index (χ3v) is 6.76. The van der Waals surface area contributed by atoms with Gasteiger partial charge in [0.2, 0.25) is 5.91 Å². The van der Waals surface area contributed by atoms with Gasteiger partial charge in [0, 0.05) is 5.92 Å². The molecule has 0 aliphatic heterocycles. The van der Waals surface area contributed by atoms with E-state index in [4.69, 9.17) is 4.74 Å². The number of nitrogens with one attached hydrogen (secondary N) is 2. The van der Waals surface area contributed by atoms with E-state index in [1.165, 1.54) is 0 Å². The quantitative estimate of drug-likeness (QED) is 0.559. The minimum absolute atomic E-state index is 0.0737. The highest BCUT2D eigenvalue weighted by Crippen LogP contribution is 2.44. The molecular weight excluding hydrogens is 420 g/mol. The van der Waals surface area contributed by atoms with Crippen molar-refractivity contribution in [1.82, 2.24) is 10.6 Å². The number of carbonyl (C=O) groups is 3. The first-order valence-electron chi connectivity index (χ1n) is 11.6. The molecule has 7 heteroatoms. The van der Waals surface area contributed by atoms with E-state index in [0.717, 1.165) is 35.1 Å². The molecule has 2 aromatic carbocycles. The van der Waals surface area contributed by atoms with Crippen molar-refractivity contribution < 1.29 is 24.2 Å². The van der Waals surface area contributed by atoms with E-state index < -0.39 is 29.6 Å². The number of hydrogen-bond donors (Lipinski definition) is 3. The highest BCUT2D eigenvalue weighted by Gasteiger charge is 2.43. The third kappa shape index (κ3) is 4.58. The molecule has 2 aliphatic carbocycles. The number of rotatable bonds is 8. The standard InChI is InChI=1S/C26H30N2O5/c1-2-9-22(23(29)28-26(24(30)31)14-7-8-15-26)27-25(32)33-16-21-19-12-5-3-10-17(19)18-11-4-6-13-20(18)21/h3-6,10-13,21-22H,2,7-9,14-16H2,1H3,(H,27,32)(H,28,29)(H,30,31). The molecule has 0 heterocycles. The van der Waals surface area contributed by atoms with Gasteiger partial charge in [0.25, 0.3) is 0 Å². The Bertz CT molecular complexity index is 999. The molecule has 33 heavy (non-hydrogen) atoms. The van der Waals surface area contributed by atoms with E-state index in [9.17, 15) is 19.5 Å². The number of benzene rings is 2. The predicted molar refractivity (Wildman–Crippen MR) is 124 cm³/mol. The lowest BCUT2D eigenvalue weighted by Gasteiger charge is -2.28. The molecule has 0 aromatic heterocycles. The summed E-state index contributed by atoms with van der Waals surface area (Å²) in [5, 5.41) is 15.0. The second-order valence-electron chi connectivity index (χ2n) is 8.89. The zero-order valence-corrected chi connectivity index (χ0v) is 18.8. The lowest BCUT2D eigenvalue weighted by molar-refractivity contribution is -0.147. The molecule has 3 N–H and O–H groups in total. The van der Waals surface area contributed by atoms with Crippen LogP contribution in [0.15, 0.2) is 48.5 Å². The van der Waals surface area contributed by atoms with Crippen LogP contribution >= 0.6 is 0 Å². The van der Waals surface area contributed by atoms with Crippen molar-refractivity contribution >= 4 is 18.0 Å². The normalized spacial score (nSPS) is 17.0. The molecule has 0 saturated heterocycles. The van der Waals surface area contributed by atoms with Crippen molar-refractivity contribution in [3.63, 3.8) is 0 Å². The van der Waals surface area contributed by atoms with Gasteiger partial charge < -0.3 is 20.5 Å². The molecule has 174 valence electrons. The van der Waals surface area contributed by atoms with Crippen molar-refractivity contribution in [3.8, 4) is 11.1 Å². The number of carboxylic acids is 1. The first-order valence-corrected chi connectivity index (χ1v) is 11.6. The van der Waals surface area contributed by atoms with Gasteiger partial charge in [0.15, 0.2) is 0 Å². The summed E-state index contributed by atoms with van der Waals surface area (Å²) in [7, 11) is 0. The van der Waals surface area contributed by atoms with Crippen molar-refractivity contribution in [2.45, 2.75) is 62.9 Å². The van der Waals surface area contributed by atoms with Crippen LogP contribution in [0.3, 0.4) is 0 Å². The number of amides is 2. The van der Waals surface area contributed by atoms with Crippen LogP contribution in [0.4, 0.5) is 4.79 Å². The van der Waals surface area contributed by atoms with E-state index in [1.807, 2.05) is 43.3 Å². The maximum Gasteiger partial charge on any atom is 0.407 e. The molecule has 7 nitrogen and oxygen atoms in total. The van der Waals surface area contributed by atoms with E-state index in [1.54, 1.807) is 0 Å². The Morgan fingerprint density at radius 2 is 1.61 bits per heavy atom. The molecule has 0 bridgehead atoms. The Hall–Kier alpha value is -3.35. The van der Waals surface area contributed by atoms with Crippen molar-refractivity contribution in [1.29, 1.82) is 0 Å². The number of carboxylic acid groups (broad SMARTS) is 1. The highest BCUT2D eigenvalue weighted by molar-refractivity contribution is 5.91. The van der Waals surface area contributed by atoms with Gasteiger partial charge >= 0.3 is 12.1 Å². The number of ether oxygens (including phenoxy) is 1. The van der Waals surface area contributed by atoms with Gasteiger partial charge in [-0.05, 0) is 41.5 Å². The lowest BCUT2D eigenvalue weighted by atomic mass is 9.96. The Kier molecular flexibility index (Phi) is 6.67. The van der Waals surface area contributed by atoms with E-state index in [-0.39, 0.29) is 12.5 Å². The minimum Gasteiger partial charge on any atom is -0.480 e. The molecule has 1 saturated carbocycles. The molecule has 2 aliphatic rings. The SMILES string of the molecule is CCCC(NC(=O)OCC1c2ccccc2-c2ccccc21)C(=O)NC1(C(=O)O)CCCC1. The molecule has 2 amide bonds. The smallest absolute Gasteiger partial charge is 0.407 e. The van der Waals surface area contributed by atoms with Crippen LogP contribution in [0.5, 0.6) is 0 Å². The maximum atomic E-state index is 12.9. The molecule has 0 radical (unpaired) electrons.